The number of fused-ring (bicyclic) bond motifs is 1. The van der Waals surface area contributed by atoms with Gasteiger partial charge in [0, 0.05) is 19.0 Å². The summed E-state index contributed by atoms with van der Waals surface area (Å²) in [6, 6.07) is 3.12. The normalized spacial score (nSPS) is 11.0. The highest BCUT2D eigenvalue weighted by atomic mass is 19.1. The first-order valence-electron chi connectivity index (χ1n) is 4.03. The molecule has 0 bridgehead atoms. The molecule has 0 amide bonds. The molecule has 0 unspecified atom stereocenters. The highest BCUT2D eigenvalue weighted by Crippen LogP contribution is 2.20. The zero-order valence-corrected chi connectivity index (χ0v) is 7.29. The number of nitrogens with zero attached hydrogens (tertiary/aromatic N) is 2. The molecule has 2 rings (SSSR count). The minimum absolute atomic E-state index is 0.257. The predicted molar refractivity (Wildman–Crippen MR) is 48.6 cm³/mol. The lowest BCUT2D eigenvalue weighted by molar-refractivity contribution is 0.625. The maximum Gasteiger partial charge on any atom is 0.149 e. The fourth-order valence-corrected chi connectivity index (χ4v) is 1.48. The Kier molecular flexibility index (Phi) is 1.77. The van der Waals surface area contributed by atoms with Crippen LogP contribution in [0.25, 0.3) is 10.9 Å². The molecule has 0 aliphatic heterocycles. The summed E-state index contributed by atoms with van der Waals surface area (Å²) in [5.41, 5.74) is 6.95. The van der Waals surface area contributed by atoms with Gasteiger partial charge in [-0.15, -0.1) is 0 Å². The van der Waals surface area contributed by atoms with Crippen LogP contribution in [0.1, 0.15) is 5.56 Å². The van der Waals surface area contributed by atoms with Gasteiger partial charge >= 0.3 is 0 Å². The Morgan fingerprint density at radius 2 is 2.31 bits per heavy atom. The predicted octanol–water partition coefficient (Wildman–Crippen LogP) is 1.17. The molecule has 1 aromatic carbocycles. The molecule has 1 aromatic heterocycles. The molecule has 0 atom stereocenters. The summed E-state index contributed by atoms with van der Waals surface area (Å²) in [6.07, 6.45) is 1.64. The van der Waals surface area contributed by atoms with Crippen molar-refractivity contribution in [2.45, 2.75) is 6.54 Å². The smallest absolute Gasteiger partial charge is 0.149 e. The maximum atomic E-state index is 13.3. The second kappa shape index (κ2) is 2.81. The van der Waals surface area contributed by atoms with Crippen LogP contribution in [0, 0.1) is 5.82 Å². The van der Waals surface area contributed by atoms with Crippen molar-refractivity contribution in [2.24, 2.45) is 12.8 Å². The van der Waals surface area contributed by atoms with Crippen LogP contribution in [-0.2, 0) is 13.6 Å². The van der Waals surface area contributed by atoms with Gasteiger partial charge in [-0.05, 0) is 11.6 Å². The van der Waals surface area contributed by atoms with E-state index in [9.17, 15) is 4.39 Å². The first-order chi connectivity index (χ1) is 6.24. The van der Waals surface area contributed by atoms with E-state index in [-0.39, 0.29) is 5.82 Å². The Labute approximate surface area is 75.0 Å². The Bertz CT molecular complexity index is 447. The van der Waals surface area contributed by atoms with Crippen LogP contribution < -0.4 is 5.73 Å². The van der Waals surface area contributed by atoms with Gasteiger partial charge in [0.1, 0.15) is 11.3 Å². The van der Waals surface area contributed by atoms with Crippen molar-refractivity contribution in [3.8, 4) is 0 Å². The Hall–Kier alpha value is -1.42. The average Bonchev–Trinajstić information content (AvgIpc) is 2.50. The van der Waals surface area contributed by atoms with E-state index in [1.165, 1.54) is 10.7 Å². The number of aromatic nitrogens is 2. The summed E-state index contributed by atoms with van der Waals surface area (Å²) >= 11 is 0. The van der Waals surface area contributed by atoms with Gasteiger partial charge in [0.2, 0.25) is 0 Å². The van der Waals surface area contributed by atoms with Crippen molar-refractivity contribution in [3.63, 3.8) is 0 Å². The molecular weight excluding hydrogens is 169 g/mol. The second-order valence-electron chi connectivity index (χ2n) is 2.94. The van der Waals surface area contributed by atoms with Crippen molar-refractivity contribution in [1.29, 1.82) is 0 Å². The molecule has 0 saturated heterocycles. The van der Waals surface area contributed by atoms with Gasteiger partial charge in [0.15, 0.2) is 0 Å². The van der Waals surface area contributed by atoms with Gasteiger partial charge in [-0.1, -0.05) is 6.07 Å². The molecule has 13 heavy (non-hydrogen) atoms. The number of aryl methyl sites for hydroxylation is 1. The van der Waals surface area contributed by atoms with Crippen LogP contribution in [0.15, 0.2) is 18.3 Å². The van der Waals surface area contributed by atoms with Gasteiger partial charge in [-0.2, -0.15) is 5.10 Å². The molecule has 3 nitrogen and oxygen atoms in total. The van der Waals surface area contributed by atoms with Crippen LogP contribution in [0.4, 0.5) is 4.39 Å². The van der Waals surface area contributed by atoms with Crippen LogP contribution in [0.5, 0.6) is 0 Å². The van der Waals surface area contributed by atoms with Gasteiger partial charge in [0.25, 0.3) is 0 Å². The number of nitrogens with two attached hydrogens (primary N) is 1. The van der Waals surface area contributed by atoms with E-state index < -0.39 is 0 Å². The van der Waals surface area contributed by atoms with Crippen LogP contribution in [0.2, 0.25) is 0 Å². The Morgan fingerprint density at radius 3 is 3.00 bits per heavy atom. The molecular formula is C9H10FN3. The van der Waals surface area contributed by atoms with Crippen molar-refractivity contribution < 1.29 is 4.39 Å². The summed E-state index contributed by atoms with van der Waals surface area (Å²) in [5, 5.41) is 4.78. The van der Waals surface area contributed by atoms with Crippen LogP contribution >= 0.6 is 0 Å². The number of rotatable bonds is 1. The highest BCUT2D eigenvalue weighted by molar-refractivity contribution is 5.82. The first kappa shape index (κ1) is 8.19. The molecule has 1 heterocycles. The number of benzene rings is 1. The van der Waals surface area contributed by atoms with E-state index in [0.29, 0.717) is 12.1 Å². The molecule has 2 N–H and O–H groups in total. The third-order valence-corrected chi connectivity index (χ3v) is 2.16. The van der Waals surface area contributed by atoms with Gasteiger partial charge < -0.3 is 5.73 Å². The lowest BCUT2D eigenvalue weighted by atomic mass is 10.1. The summed E-state index contributed by atoms with van der Waals surface area (Å²) < 4.78 is 14.8. The van der Waals surface area contributed by atoms with Crippen molar-refractivity contribution in [1.82, 2.24) is 9.78 Å². The highest BCUT2D eigenvalue weighted by Gasteiger charge is 2.08. The number of hydrogen-bond acceptors (Lipinski definition) is 2. The standard InChI is InChI=1S/C9H10FN3/c1-13-9-7(5-12-13)6(4-11)2-3-8(9)10/h2-3,5H,4,11H2,1H3. The molecule has 0 aliphatic rings. The van der Waals surface area contributed by atoms with E-state index >= 15 is 0 Å². The lowest BCUT2D eigenvalue weighted by Gasteiger charge is -2.00. The topological polar surface area (TPSA) is 43.8 Å². The van der Waals surface area contributed by atoms with Gasteiger partial charge in [-0.3, -0.25) is 4.68 Å². The minimum Gasteiger partial charge on any atom is -0.326 e. The fourth-order valence-electron chi connectivity index (χ4n) is 1.48. The second-order valence-corrected chi connectivity index (χ2v) is 2.94. The van der Waals surface area contributed by atoms with E-state index in [2.05, 4.69) is 5.10 Å². The molecule has 2 aromatic rings. The fraction of sp³-hybridized carbons (Fsp3) is 0.222. The molecule has 0 radical (unpaired) electrons. The van der Waals surface area contributed by atoms with E-state index in [4.69, 9.17) is 5.73 Å². The largest absolute Gasteiger partial charge is 0.326 e. The molecule has 0 saturated carbocycles. The molecule has 0 spiro atoms. The zero-order chi connectivity index (χ0) is 9.42. The van der Waals surface area contributed by atoms with E-state index in [0.717, 1.165) is 10.9 Å². The number of hydrogen-bond donors (Lipinski definition) is 1. The summed E-state index contributed by atoms with van der Waals surface area (Å²) in [5.74, 6) is -0.257. The Morgan fingerprint density at radius 1 is 1.54 bits per heavy atom. The summed E-state index contributed by atoms with van der Waals surface area (Å²) in [6.45, 7) is 0.405. The van der Waals surface area contributed by atoms with Crippen LogP contribution in [0.3, 0.4) is 0 Å². The molecule has 68 valence electrons. The average molecular weight is 179 g/mol. The molecule has 0 aliphatic carbocycles. The van der Waals surface area contributed by atoms with Crippen LogP contribution in [-0.4, -0.2) is 9.78 Å². The van der Waals surface area contributed by atoms with Gasteiger partial charge in [0.05, 0.1) is 6.20 Å². The first-order valence-corrected chi connectivity index (χ1v) is 4.03. The molecule has 0 fully saturated rings. The van der Waals surface area contributed by atoms with E-state index in [1.807, 2.05) is 0 Å². The zero-order valence-electron chi connectivity index (χ0n) is 7.29. The SMILES string of the molecule is Cn1ncc2c(CN)ccc(F)c21. The summed E-state index contributed by atoms with van der Waals surface area (Å²) in [4.78, 5) is 0. The number of halogens is 1. The minimum atomic E-state index is -0.257. The van der Waals surface area contributed by atoms with Crippen molar-refractivity contribution in [2.75, 3.05) is 0 Å². The molecule has 4 heteroatoms. The van der Waals surface area contributed by atoms with E-state index in [1.54, 1.807) is 19.3 Å². The summed E-state index contributed by atoms with van der Waals surface area (Å²) in [7, 11) is 1.71. The Balaban J connectivity index is 2.87. The third kappa shape index (κ3) is 1.10. The quantitative estimate of drug-likeness (QED) is 0.714. The maximum absolute atomic E-state index is 13.3. The third-order valence-electron chi connectivity index (χ3n) is 2.16. The van der Waals surface area contributed by atoms with Crippen molar-refractivity contribution >= 4 is 10.9 Å². The van der Waals surface area contributed by atoms with Gasteiger partial charge in [-0.25, -0.2) is 4.39 Å². The van der Waals surface area contributed by atoms with Crippen molar-refractivity contribution in [3.05, 3.63) is 29.7 Å². The monoisotopic (exact) mass is 179 g/mol. The lowest BCUT2D eigenvalue weighted by Crippen LogP contribution is -1.98.